The summed E-state index contributed by atoms with van der Waals surface area (Å²) in [5.41, 5.74) is 5.17. The van der Waals surface area contributed by atoms with Crippen LogP contribution in [0.2, 0.25) is 0 Å². The Morgan fingerprint density at radius 1 is 1.50 bits per heavy atom. The van der Waals surface area contributed by atoms with Crippen molar-refractivity contribution in [3.05, 3.63) is 0 Å². The van der Waals surface area contributed by atoms with Gasteiger partial charge in [0, 0.05) is 28.3 Å². The molecule has 0 radical (unpaired) electrons. The monoisotopic (exact) mass is 246 g/mol. The smallest absolute Gasteiger partial charge is 0.240 e. The highest BCUT2D eigenvalue weighted by Gasteiger charge is 2.29. The van der Waals surface area contributed by atoms with Crippen LogP contribution in [0.3, 0.4) is 0 Å². The van der Waals surface area contributed by atoms with Gasteiger partial charge < -0.3 is 11.1 Å². The first kappa shape index (κ1) is 13.6. The van der Waals surface area contributed by atoms with Crippen molar-refractivity contribution in [1.82, 2.24) is 5.32 Å². The van der Waals surface area contributed by atoms with Crippen LogP contribution >= 0.6 is 0 Å². The van der Waals surface area contributed by atoms with Crippen molar-refractivity contribution in [2.24, 2.45) is 5.73 Å². The highest BCUT2D eigenvalue weighted by molar-refractivity contribution is 7.85. The lowest BCUT2D eigenvalue weighted by Crippen LogP contribution is -2.55. The van der Waals surface area contributed by atoms with Crippen LogP contribution in [0.25, 0.3) is 0 Å². The fourth-order valence-electron chi connectivity index (χ4n) is 1.92. The van der Waals surface area contributed by atoms with Crippen LogP contribution in [0.15, 0.2) is 0 Å². The number of rotatable bonds is 4. The molecule has 5 heteroatoms. The molecule has 0 bridgehead atoms. The summed E-state index contributed by atoms with van der Waals surface area (Å²) >= 11 is 0. The van der Waals surface area contributed by atoms with Gasteiger partial charge in [-0.25, -0.2) is 0 Å². The number of carbonyl (C=O) groups is 1. The first-order valence-electron chi connectivity index (χ1n) is 5.90. The van der Waals surface area contributed by atoms with Gasteiger partial charge in [-0.3, -0.25) is 9.00 Å². The zero-order valence-corrected chi connectivity index (χ0v) is 10.9. The maximum atomic E-state index is 11.9. The summed E-state index contributed by atoms with van der Waals surface area (Å²) in [7, 11) is -0.683. The molecule has 1 atom stereocenters. The minimum Gasteiger partial charge on any atom is -0.352 e. The minimum atomic E-state index is -0.772. The maximum Gasteiger partial charge on any atom is 0.240 e. The van der Waals surface area contributed by atoms with Crippen molar-refractivity contribution < 1.29 is 9.00 Å². The molecule has 1 amide bonds. The second-order valence-corrected chi connectivity index (χ2v) is 6.46. The van der Waals surface area contributed by atoms with Crippen molar-refractivity contribution >= 4 is 16.7 Å². The van der Waals surface area contributed by atoms with Gasteiger partial charge in [0.1, 0.15) is 0 Å². The lowest BCUT2D eigenvalue weighted by atomic mass is 9.95. The normalized spacial score (nSPS) is 29.4. The topological polar surface area (TPSA) is 72.2 Å². The molecule has 16 heavy (non-hydrogen) atoms. The van der Waals surface area contributed by atoms with E-state index in [2.05, 4.69) is 5.32 Å². The molecule has 1 heterocycles. The van der Waals surface area contributed by atoms with Crippen LogP contribution in [0, 0.1) is 0 Å². The SMILES string of the molecule is CCCC(C)(N)C(=O)NC1CCS(=O)CC1. The van der Waals surface area contributed by atoms with Gasteiger partial charge in [-0.15, -0.1) is 0 Å². The van der Waals surface area contributed by atoms with Crippen molar-refractivity contribution in [3.8, 4) is 0 Å². The fraction of sp³-hybridized carbons (Fsp3) is 0.909. The summed E-state index contributed by atoms with van der Waals surface area (Å²) in [6.45, 7) is 3.79. The van der Waals surface area contributed by atoms with Gasteiger partial charge in [0.15, 0.2) is 0 Å². The van der Waals surface area contributed by atoms with Gasteiger partial charge >= 0.3 is 0 Å². The van der Waals surface area contributed by atoms with Gasteiger partial charge in [0.2, 0.25) is 5.91 Å². The van der Waals surface area contributed by atoms with Gasteiger partial charge in [-0.1, -0.05) is 13.3 Å². The second-order valence-electron chi connectivity index (χ2n) is 4.76. The Balaban J connectivity index is 2.42. The highest BCUT2D eigenvalue weighted by atomic mass is 32.2. The molecule has 0 aliphatic carbocycles. The Labute approximate surface area is 99.8 Å². The number of nitrogens with one attached hydrogen (secondary N) is 1. The molecule has 0 aromatic rings. The summed E-state index contributed by atoms with van der Waals surface area (Å²) in [6, 6.07) is 0.157. The lowest BCUT2D eigenvalue weighted by molar-refractivity contribution is -0.126. The Bertz CT molecular complexity index is 269. The van der Waals surface area contributed by atoms with Crippen LogP contribution in [0.4, 0.5) is 0 Å². The molecule has 1 aliphatic heterocycles. The van der Waals surface area contributed by atoms with E-state index in [0.717, 1.165) is 19.3 Å². The summed E-state index contributed by atoms with van der Waals surface area (Å²) in [5.74, 6) is 1.31. The molecule has 94 valence electrons. The van der Waals surface area contributed by atoms with E-state index >= 15 is 0 Å². The summed E-state index contributed by atoms with van der Waals surface area (Å²) in [5, 5.41) is 2.97. The van der Waals surface area contributed by atoms with Gasteiger partial charge in [-0.05, 0) is 26.2 Å². The van der Waals surface area contributed by atoms with Crippen LogP contribution in [0.5, 0.6) is 0 Å². The Kier molecular flexibility index (Phi) is 4.92. The lowest BCUT2D eigenvalue weighted by Gasteiger charge is -2.28. The van der Waals surface area contributed by atoms with Crippen molar-refractivity contribution in [3.63, 3.8) is 0 Å². The molecular formula is C11H22N2O2S. The molecule has 3 N–H and O–H groups in total. The Hall–Kier alpha value is -0.420. The molecule has 1 fully saturated rings. The Morgan fingerprint density at radius 3 is 2.56 bits per heavy atom. The average Bonchev–Trinajstić information content (AvgIpc) is 2.21. The second kappa shape index (κ2) is 5.77. The number of carbonyl (C=O) groups excluding carboxylic acids is 1. The predicted octanol–water partition coefficient (Wildman–Crippen LogP) is 0.531. The molecule has 4 nitrogen and oxygen atoms in total. The molecule has 1 unspecified atom stereocenters. The first-order valence-corrected chi connectivity index (χ1v) is 7.39. The predicted molar refractivity (Wildman–Crippen MR) is 66.5 cm³/mol. The van der Waals surface area contributed by atoms with Crippen molar-refractivity contribution in [1.29, 1.82) is 0 Å². The van der Waals surface area contributed by atoms with E-state index in [1.165, 1.54) is 0 Å². The third-order valence-corrected chi connectivity index (χ3v) is 4.39. The number of nitrogens with two attached hydrogens (primary N) is 1. The molecular weight excluding hydrogens is 224 g/mol. The largest absolute Gasteiger partial charge is 0.352 e. The van der Waals surface area contributed by atoms with E-state index in [1.807, 2.05) is 6.92 Å². The highest BCUT2D eigenvalue weighted by Crippen LogP contribution is 2.13. The quantitative estimate of drug-likeness (QED) is 0.760. The van der Waals surface area contributed by atoms with E-state index in [4.69, 9.17) is 5.73 Å². The summed E-state index contributed by atoms with van der Waals surface area (Å²) < 4.78 is 11.2. The average molecular weight is 246 g/mol. The van der Waals surface area contributed by atoms with Crippen molar-refractivity contribution in [2.45, 2.75) is 51.1 Å². The molecule has 1 saturated heterocycles. The van der Waals surface area contributed by atoms with E-state index in [1.54, 1.807) is 6.92 Å². The standard InChI is InChI=1S/C11H22N2O2S/c1-3-6-11(2,12)10(14)13-9-4-7-16(15)8-5-9/h9H,3-8,12H2,1-2H3,(H,13,14). The van der Waals surface area contributed by atoms with Gasteiger partial charge in [0.25, 0.3) is 0 Å². The number of hydrogen-bond donors (Lipinski definition) is 2. The zero-order valence-electron chi connectivity index (χ0n) is 10.1. The molecule has 0 aromatic carbocycles. The zero-order chi connectivity index (χ0) is 12.2. The Morgan fingerprint density at radius 2 is 2.06 bits per heavy atom. The molecule has 0 saturated carbocycles. The van der Waals surface area contributed by atoms with Crippen LogP contribution < -0.4 is 11.1 Å². The molecule has 0 aromatic heterocycles. The van der Waals surface area contributed by atoms with Crippen LogP contribution in [-0.2, 0) is 15.6 Å². The van der Waals surface area contributed by atoms with E-state index < -0.39 is 16.3 Å². The van der Waals surface area contributed by atoms with Crippen LogP contribution in [0.1, 0.15) is 39.5 Å². The third kappa shape index (κ3) is 3.87. The summed E-state index contributed by atoms with van der Waals surface area (Å²) in [6.07, 6.45) is 3.20. The minimum absolute atomic E-state index is 0.0768. The molecule has 1 aliphatic rings. The maximum absolute atomic E-state index is 11.9. The van der Waals surface area contributed by atoms with Crippen molar-refractivity contribution in [2.75, 3.05) is 11.5 Å². The van der Waals surface area contributed by atoms with E-state index in [0.29, 0.717) is 17.9 Å². The van der Waals surface area contributed by atoms with Gasteiger partial charge in [-0.2, -0.15) is 0 Å². The first-order chi connectivity index (χ1) is 7.45. The summed E-state index contributed by atoms with van der Waals surface area (Å²) in [4.78, 5) is 11.9. The molecule has 0 spiro atoms. The van der Waals surface area contributed by atoms with Gasteiger partial charge in [0.05, 0.1) is 5.54 Å². The number of amides is 1. The van der Waals surface area contributed by atoms with E-state index in [-0.39, 0.29) is 11.9 Å². The fourth-order valence-corrected chi connectivity index (χ4v) is 3.22. The van der Waals surface area contributed by atoms with E-state index in [9.17, 15) is 9.00 Å². The van der Waals surface area contributed by atoms with Crippen LogP contribution in [-0.4, -0.2) is 33.2 Å². The number of hydrogen-bond acceptors (Lipinski definition) is 3. The third-order valence-electron chi connectivity index (χ3n) is 3.01. The molecule has 1 rings (SSSR count).